The van der Waals surface area contributed by atoms with Gasteiger partial charge in [-0.25, -0.2) is 15.0 Å². The van der Waals surface area contributed by atoms with Gasteiger partial charge < -0.3 is 23.9 Å². The summed E-state index contributed by atoms with van der Waals surface area (Å²) >= 11 is 0. The van der Waals surface area contributed by atoms with E-state index in [1.807, 2.05) is 40.5 Å². The maximum atomic E-state index is 11.1. The number of hydrogen-bond donors (Lipinski definition) is 2. The lowest BCUT2D eigenvalue weighted by molar-refractivity contribution is -0.0308. The highest BCUT2D eigenvalue weighted by Crippen LogP contribution is 2.52. The number of hydrogen-bond acceptors (Lipinski definition) is 6. The van der Waals surface area contributed by atoms with Crippen LogP contribution in [0.15, 0.2) is 49.3 Å². The first-order chi connectivity index (χ1) is 15.0. The van der Waals surface area contributed by atoms with Gasteiger partial charge in [-0.2, -0.15) is 0 Å². The summed E-state index contributed by atoms with van der Waals surface area (Å²) in [6, 6.07) is 5.89. The SMILES string of the molecule is Cc1ncnc2c1ccn2C1CC2(COC(Cc3ccn4ccnc4c3)C2)C(O)C1O. The summed E-state index contributed by atoms with van der Waals surface area (Å²) in [5, 5.41) is 23.0. The number of aryl methyl sites for hydroxylation is 1. The van der Waals surface area contributed by atoms with Gasteiger partial charge in [0.15, 0.2) is 0 Å². The Labute approximate surface area is 179 Å². The number of rotatable bonds is 3. The van der Waals surface area contributed by atoms with Crippen molar-refractivity contribution in [1.82, 2.24) is 23.9 Å². The first-order valence-corrected chi connectivity index (χ1v) is 10.7. The fraction of sp³-hybridized carbons (Fsp3) is 0.435. The molecule has 2 fully saturated rings. The van der Waals surface area contributed by atoms with Gasteiger partial charge in [-0.15, -0.1) is 0 Å². The van der Waals surface area contributed by atoms with Crippen LogP contribution in [0.2, 0.25) is 0 Å². The monoisotopic (exact) mass is 419 g/mol. The molecule has 1 aliphatic heterocycles. The molecule has 0 radical (unpaired) electrons. The van der Waals surface area contributed by atoms with E-state index in [0.717, 1.165) is 34.4 Å². The van der Waals surface area contributed by atoms with Gasteiger partial charge >= 0.3 is 0 Å². The van der Waals surface area contributed by atoms with E-state index in [2.05, 4.69) is 27.1 Å². The summed E-state index contributed by atoms with van der Waals surface area (Å²) in [4.78, 5) is 13.0. The molecular formula is C23H25N5O3. The van der Waals surface area contributed by atoms with E-state index in [1.54, 1.807) is 12.5 Å². The van der Waals surface area contributed by atoms with Gasteiger partial charge in [-0.1, -0.05) is 0 Å². The van der Waals surface area contributed by atoms with E-state index in [9.17, 15) is 10.2 Å². The predicted octanol–water partition coefficient (Wildman–Crippen LogP) is 2.07. The van der Waals surface area contributed by atoms with Gasteiger partial charge in [-0.05, 0) is 49.9 Å². The highest BCUT2D eigenvalue weighted by molar-refractivity contribution is 5.78. The van der Waals surface area contributed by atoms with Gasteiger partial charge in [0.05, 0.1) is 30.6 Å². The summed E-state index contributed by atoms with van der Waals surface area (Å²) in [5.41, 5.74) is 3.33. The number of nitrogens with zero attached hydrogens (tertiary/aromatic N) is 5. The molecule has 1 aliphatic carbocycles. The van der Waals surface area contributed by atoms with Crippen LogP contribution in [-0.2, 0) is 11.2 Å². The lowest BCUT2D eigenvalue weighted by Gasteiger charge is -2.26. The van der Waals surface area contributed by atoms with E-state index in [4.69, 9.17) is 4.74 Å². The largest absolute Gasteiger partial charge is 0.390 e. The molecule has 5 unspecified atom stereocenters. The van der Waals surface area contributed by atoms with Gasteiger partial charge in [0.25, 0.3) is 0 Å². The van der Waals surface area contributed by atoms with Gasteiger partial charge in [0.2, 0.25) is 0 Å². The standard InChI is InChI=1S/C23H25N5O3/c1-14-17-3-6-28(22(17)26-13-25-14)18-11-23(21(30)20(18)29)10-16(31-12-23)8-15-2-5-27-7-4-24-19(27)9-15/h2-7,9,13,16,18,20-21,29-30H,8,10-12H2,1H3. The van der Waals surface area contributed by atoms with Crippen molar-refractivity contribution < 1.29 is 14.9 Å². The summed E-state index contributed by atoms with van der Waals surface area (Å²) in [6.07, 6.45) is 9.64. The summed E-state index contributed by atoms with van der Waals surface area (Å²) < 4.78 is 10.1. The third-order valence-corrected chi connectivity index (χ3v) is 7.19. The van der Waals surface area contributed by atoms with Crippen LogP contribution in [0.5, 0.6) is 0 Å². The zero-order chi connectivity index (χ0) is 21.2. The maximum absolute atomic E-state index is 11.1. The Morgan fingerprint density at radius 2 is 2.03 bits per heavy atom. The van der Waals surface area contributed by atoms with Crippen molar-refractivity contribution >= 4 is 16.7 Å². The molecule has 0 bridgehead atoms. The van der Waals surface area contributed by atoms with Gasteiger partial charge in [-0.3, -0.25) is 0 Å². The maximum Gasteiger partial charge on any atom is 0.143 e. The Morgan fingerprint density at radius 3 is 2.94 bits per heavy atom. The quantitative estimate of drug-likeness (QED) is 0.528. The van der Waals surface area contributed by atoms with Crippen LogP contribution in [-0.4, -0.2) is 59.1 Å². The Kier molecular flexibility index (Phi) is 4.18. The van der Waals surface area contributed by atoms with Gasteiger partial charge in [0.1, 0.15) is 23.7 Å². The molecule has 8 heteroatoms. The zero-order valence-electron chi connectivity index (χ0n) is 17.3. The molecule has 0 aromatic carbocycles. The number of pyridine rings is 1. The molecular weight excluding hydrogens is 394 g/mol. The molecule has 0 amide bonds. The fourth-order valence-corrected chi connectivity index (χ4v) is 5.54. The minimum absolute atomic E-state index is 0.00369. The molecule has 2 aliphatic rings. The molecule has 31 heavy (non-hydrogen) atoms. The summed E-state index contributed by atoms with van der Waals surface area (Å²) in [7, 11) is 0. The predicted molar refractivity (Wildman–Crippen MR) is 114 cm³/mol. The topological polar surface area (TPSA) is 97.7 Å². The van der Waals surface area contributed by atoms with Crippen molar-refractivity contribution in [3.05, 3.63) is 60.6 Å². The molecule has 1 spiro atoms. The summed E-state index contributed by atoms with van der Waals surface area (Å²) in [5.74, 6) is 0. The molecule has 6 rings (SSSR count). The first kappa shape index (κ1) is 18.9. The smallest absolute Gasteiger partial charge is 0.143 e. The number of aliphatic hydroxyl groups is 2. The summed E-state index contributed by atoms with van der Waals surface area (Å²) in [6.45, 7) is 2.40. The van der Waals surface area contributed by atoms with Crippen LogP contribution < -0.4 is 0 Å². The van der Waals surface area contributed by atoms with Crippen molar-refractivity contribution in [2.24, 2.45) is 5.41 Å². The first-order valence-electron chi connectivity index (χ1n) is 10.7. The van der Waals surface area contributed by atoms with Crippen LogP contribution >= 0.6 is 0 Å². The van der Waals surface area contributed by atoms with E-state index >= 15 is 0 Å². The van der Waals surface area contributed by atoms with Crippen LogP contribution in [0.4, 0.5) is 0 Å². The molecule has 4 aromatic heterocycles. The van der Waals surface area contributed by atoms with Crippen molar-refractivity contribution in [3.8, 4) is 0 Å². The number of aromatic nitrogens is 5. The molecule has 160 valence electrons. The van der Waals surface area contributed by atoms with Gasteiger partial charge in [0, 0.05) is 35.6 Å². The second kappa shape index (κ2) is 6.85. The third-order valence-electron chi connectivity index (χ3n) is 7.19. The lowest BCUT2D eigenvalue weighted by atomic mass is 9.80. The molecule has 2 N–H and O–H groups in total. The Hall–Kier alpha value is -2.81. The van der Waals surface area contributed by atoms with E-state index in [1.165, 1.54) is 0 Å². The van der Waals surface area contributed by atoms with E-state index in [-0.39, 0.29) is 12.1 Å². The average molecular weight is 419 g/mol. The van der Waals surface area contributed by atoms with Crippen molar-refractivity contribution in [3.63, 3.8) is 0 Å². The van der Waals surface area contributed by atoms with Crippen LogP contribution in [0.25, 0.3) is 16.7 Å². The molecule has 5 atom stereocenters. The number of imidazole rings is 1. The number of fused-ring (bicyclic) bond motifs is 2. The zero-order valence-corrected chi connectivity index (χ0v) is 17.3. The normalized spacial score (nSPS) is 30.8. The third kappa shape index (κ3) is 2.90. The number of aliphatic hydroxyl groups excluding tert-OH is 2. The minimum Gasteiger partial charge on any atom is -0.390 e. The van der Waals surface area contributed by atoms with E-state index in [0.29, 0.717) is 19.4 Å². The Morgan fingerprint density at radius 1 is 1.13 bits per heavy atom. The van der Waals surface area contributed by atoms with Crippen LogP contribution in [0, 0.1) is 12.3 Å². The highest BCUT2D eigenvalue weighted by atomic mass is 16.5. The fourth-order valence-electron chi connectivity index (χ4n) is 5.54. The van der Waals surface area contributed by atoms with Crippen molar-refractivity contribution in [1.29, 1.82) is 0 Å². The Balaban J connectivity index is 1.24. The molecule has 1 saturated heterocycles. The van der Waals surface area contributed by atoms with Crippen LogP contribution in [0.1, 0.15) is 30.1 Å². The molecule has 5 heterocycles. The molecule has 8 nitrogen and oxygen atoms in total. The average Bonchev–Trinajstić information content (AvgIpc) is 3.53. The number of ether oxygens (including phenoxy) is 1. The molecule has 1 saturated carbocycles. The lowest BCUT2D eigenvalue weighted by Crippen LogP contribution is -2.37. The van der Waals surface area contributed by atoms with Crippen LogP contribution in [0.3, 0.4) is 0 Å². The second-order valence-corrected chi connectivity index (χ2v) is 9.06. The van der Waals surface area contributed by atoms with Crippen molar-refractivity contribution in [2.75, 3.05) is 6.61 Å². The van der Waals surface area contributed by atoms with E-state index < -0.39 is 17.6 Å². The highest BCUT2D eigenvalue weighted by Gasteiger charge is 2.57. The molecule has 4 aromatic rings. The minimum atomic E-state index is -0.866. The second-order valence-electron chi connectivity index (χ2n) is 9.06. The Bertz CT molecular complexity index is 1270. The van der Waals surface area contributed by atoms with Crippen molar-refractivity contribution in [2.45, 2.75) is 50.5 Å².